The standard InChI is InChI=1S/C19H26N2O5/c1-19(2,3)26-18(24)21-11-9-14(10-12-21)17(23)25-13-16(22)20-15-7-5-4-6-8-15/h4-8,14H,9-13H2,1-3H3,(H,20,22). The zero-order chi connectivity index (χ0) is 19.2. The Bertz CT molecular complexity index is 631. The Balaban J connectivity index is 1.71. The molecule has 0 aromatic heterocycles. The summed E-state index contributed by atoms with van der Waals surface area (Å²) in [7, 11) is 0. The maximum atomic E-state index is 12.1. The quantitative estimate of drug-likeness (QED) is 0.833. The third kappa shape index (κ3) is 6.38. The fraction of sp³-hybridized carbons (Fsp3) is 0.526. The van der Waals surface area contributed by atoms with Crippen molar-refractivity contribution in [1.29, 1.82) is 0 Å². The van der Waals surface area contributed by atoms with Crippen LogP contribution in [0.25, 0.3) is 0 Å². The Morgan fingerprint density at radius 3 is 2.31 bits per heavy atom. The lowest BCUT2D eigenvalue weighted by Crippen LogP contribution is -2.43. The van der Waals surface area contributed by atoms with E-state index in [1.54, 1.807) is 29.2 Å². The molecule has 1 saturated heterocycles. The highest BCUT2D eigenvalue weighted by Crippen LogP contribution is 2.20. The van der Waals surface area contributed by atoms with Gasteiger partial charge in [0.15, 0.2) is 6.61 Å². The molecule has 7 heteroatoms. The largest absolute Gasteiger partial charge is 0.455 e. The summed E-state index contributed by atoms with van der Waals surface area (Å²) < 4.78 is 10.4. The average Bonchev–Trinajstić information content (AvgIpc) is 2.59. The van der Waals surface area contributed by atoms with E-state index in [4.69, 9.17) is 9.47 Å². The first-order valence-electron chi connectivity index (χ1n) is 8.74. The number of likely N-dealkylation sites (tertiary alicyclic amines) is 1. The smallest absolute Gasteiger partial charge is 0.410 e. The second-order valence-electron chi connectivity index (χ2n) is 7.26. The number of hydrogen-bond acceptors (Lipinski definition) is 5. The molecule has 0 spiro atoms. The van der Waals surface area contributed by atoms with Crippen molar-refractivity contribution in [3.8, 4) is 0 Å². The van der Waals surface area contributed by atoms with Crippen LogP contribution in [0.15, 0.2) is 30.3 Å². The van der Waals surface area contributed by atoms with E-state index in [2.05, 4.69) is 5.32 Å². The first kappa shape index (κ1) is 19.8. The SMILES string of the molecule is CC(C)(C)OC(=O)N1CCC(C(=O)OCC(=O)Nc2ccccc2)CC1. The maximum Gasteiger partial charge on any atom is 0.410 e. The minimum absolute atomic E-state index is 0.307. The molecular formula is C19H26N2O5. The van der Waals surface area contributed by atoms with Crippen LogP contribution in [0.4, 0.5) is 10.5 Å². The van der Waals surface area contributed by atoms with Crippen LogP contribution in [0.2, 0.25) is 0 Å². The highest BCUT2D eigenvalue weighted by Gasteiger charge is 2.30. The molecule has 0 bridgehead atoms. The Morgan fingerprint density at radius 2 is 1.73 bits per heavy atom. The normalized spacial score (nSPS) is 15.3. The van der Waals surface area contributed by atoms with Crippen molar-refractivity contribution in [2.45, 2.75) is 39.2 Å². The van der Waals surface area contributed by atoms with E-state index < -0.39 is 11.6 Å². The van der Waals surface area contributed by atoms with E-state index in [1.165, 1.54) is 0 Å². The van der Waals surface area contributed by atoms with Gasteiger partial charge < -0.3 is 19.7 Å². The highest BCUT2D eigenvalue weighted by atomic mass is 16.6. The zero-order valence-corrected chi connectivity index (χ0v) is 15.5. The third-order valence-electron chi connectivity index (χ3n) is 3.88. The van der Waals surface area contributed by atoms with Gasteiger partial charge in [0.2, 0.25) is 0 Å². The molecule has 0 saturated carbocycles. The summed E-state index contributed by atoms with van der Waals surface area (Å²) in [4.78, 5) is 37.5. The Kier molecular flexibility index (Phi) is 6.60. The van der Waals surface area contributed by atoms with Crippen molar-refractivity contribution in [2.24, 2.45) is 5.92 Å². The first-order chi connectivity index (χ1) is 12.2. The summed E-state index contributed by atoms with van der Waals surface area (Å²) in [5.74, 6) is -1.09. The molecule has 1 fully saturated rings. The van der Waals surface area contributed by atoms with E-state index in [-0.39, 0.29) is 24.5 Å². The van der Waals surface area contributed by atoms with Crippen LogP contribution < -0.4 is 5.32 Å². The molecule has 1 aliphatic heterocycles. The number of nitrogens with zero attached hydrogens (tertiary/aromatic N) is 1. The Labute approximate surface area is 153 Å². The molecular weight excluding hydrogens is 336 g/mol. The van der Waals surface area contributed by atoms with Crippen LogP contribution >= 0.6 is 0 Å². The van der Waals surface area contributed by atoms with E-state index >= 15 is 0 Å². The van der Waals surface area contributed by atoms with Crippen LogP contribution in [-0.2, 0) is 19.1 Å². The lowest BCUT2D eigenvalue weighted by Gasteiger charge is -2.32. The van der Waals surface area contributed by atoms with Crippen molar-refractivity contribution in [1.82, 2.24) is 4.90 Å². The average molecular weight is 362 g/mol. The predicted octanol–water partition coefficient (Wildman–Crippen LogP) is 2.82. The predicted molar refractivity (Wildman–Crippen MR) is 96.6 cm³/mol. The van der Waals surface area contributed by atoms with Crippen molar-refractivity contribution >= 4 is 23.7 Å². The number of benzene rings is 1. The van der Waals surface area contributed by atoms with E-state index in [1.807, 2.05) is 26.8 Å². The number of anilines is 1. The Hall–Kier alpha value is -2.57. The maximum absolute atomic E-state index is 12.1. The molecule has 7 nitrogen and oxygen atoms in total. The lowest BCUT2D eigenvalue weighted by atomic mass is 9.97. The summed E-state index contributed by atoms with van der Waals surface area (Å²) in [6, 6.07) is 8.97. The van der Waals surface area contributed by atoms with E-state index in [9.17, 15) is 14.4 Å². The van der Waals surface area contributed by atoms with Crippen LogP contribution in [-0.4, -0.2) is 48.2 Å². The lowest BCUT2D eigenvalue weighted by molar-refractivity contribution is -0.153. The monoisotopic (exact) mass is 362 g/mol. The number of rotatable bonds is 4. The summed E-state index contributed by atoms with van der Waals surface area (Å²) >= 11 is 0. The summed E-state index contributed by atoms with van der Waals surface area (Å²) in [5.41, 5.74) is 0.109. The molecule has 0 aliphatic carbocycles. The van der Waals surface area contributed by atoms with Gasteiger partial charge in [0.05, 0.1) is 5.92 Å². The minimum Gasteiger partial charge on any atom is -0.455 e. The number of carbonyl (C=O) groups is 3. The van der Waals surface area contributed by atoms with Gasteiger partial charge in [0, 0.05) is 18.8 Å². The molecule has 1 heterocycles. The Morgan fingerprint density at radius 1 is 1.12 bits per heavy atom. The van der Waals surface area contributed by atoms with Gasteiger partial charge in [-0.1, -0.05) is 18.2 Å². The molecule has 0 unspecified atom stereocenters. The number of ether oxygens (including phenoxy) is 2. The number of para-hydroxylation sites is 1. The number of amides is 2. The number of piperidine rings is 1. The molecule has 1 aliphatic rings. The van der Waals surface area contributed by atoms with E-state index in [0.717, 1.165) is 0 Å². The second kappa shape index (κ2) is 8.69. The third-order valence-corrected chi connectivity index (χ3v) is 3.88. The van der Waals surface area contributed by atoms with Gasteiger partial charge in [-0.25, -0.2) is 4.79 Å². The van der Waals surface area contributed by atoms with Gasteiger partial charge in [-0.3, -0.25) is 9.59 Å². The zero-order valence-electron chi connectivity index (χ0n) is 15.5. The number of esters is 1. The molecule has 26 heavy (non-hydrogen) atoms. The molecule has 1 aromatic carbocycles. The molecule has 0 radical (unpaired) electrons. The van der Waals surface area contributed by atoms with Gasteiger partial charge in [-0.15, -0.1) is 0 Å². The number of carbonyl (C=O) groups excluding carboxylic acids is 3. The first-order valence-corrected chi connectivity index (χ1v) is 8.74. The van der Waals surface area contributed by atoms with Gasteiger partial charge in [0.25, 0.3) is 5.91 Å². The van der Waals surface area contributed by atoms with Crippen molar-refractivity contribution in [3.63, 3.8) is 0 Å². The van der Waals surface area contributed by atoms with Gasteiger partial charge in [-0.2, -0.15) is 0 Å². The number of nitrogens with one attached hydrogen (secondary N) is 1. The molecule has 1 aromatic rings. The topological polar surface area (TPSA) is 84.9 Å². The number of hydrogen-bond donors (Lipinski definition) is 1. The van der Waals surface area contributed by atoms with Crippen LogP contribution in [0.1, 0.15) is 33.6 Å². The summed E-state index contributed by atoms with van der Waals surface area (Å²) in [6.45, 7) is 6.00. The van der Waals surface area contributed by atoms with E-state index in [0.29, 0.717) is 31.6 Å². The fourth-order valence-electron chi connectivity index (χ4n) is 2.60. The van der Waals surface area contributed by atoms with Crippen LogP contribution in [0.5, 0.6) is 0 Å². The van der Waals surface area contributed by atoms with Crippen LogP contribution in [0, 0.1) is 5.92 Å². The summed E-state index contributed by atoms with van der Waals surface area (Å²) in [5, 5.41) is 2.66. The molecule has 2 rings (SSSR count). The molecule has 2 amide bonds. The van der Waals surface area contributed by atoms with Gasteiger partial charge >= 0.3 is 12.1 Å². The van der Waals surface area contributed by atoms with Gasteiger partial charge in [0.1, 0.15) is 5.60 Å². The van der Waals surface area contributed by atoms with Crippen molar-refractivity contribution in [3.05, 3.63) is 30.3 Å². The van der Waals surface area contributed by atoms with Crippen molar-refractivity contribution < 1.29 is 23.9 Å². The molecule has 0 atom stereocenters. The highest BCUT2D eigenvalue weighted by molar-refractivity contribution is 5.92. The minimum atomic E-state index is -0.543. The van der Waals surface area contributed by atoms with Gasteiger partial charge in [-0.05, 0) is 45.7 Å². The van der Waals surface area contributed by atoms with Crippen LogP contribution in [0.3, 0.4) is 0 Å². The fourth-order valence-corrected chi connectivity index (χ4v) is 2.60. The molecule has 1 N–H and O–H groups in total. The second-order valence-corrected chi connectivity index (χ2v) is 7.26. The van der Waals surface area contributed by atoms with Crippen molar-refractivity contribution in [2.75, 3.05) is 25.0 Å². The molecule has 142 valence electrons. The summed E-state index contributed by atoms with van der Waals surface area (Å²) in [6.07, 6.45) is 0.628.